The van der Waals surface area contributed by atoms with E-state index in [1.54, 1.807) is 0 Å². The molecule has 0 aliphatic carbocycles. The lowest BCUT2D eigenvalue weighted by Gasteiger charge is -2.23. The molecule has 1 rings (SSSR count). The van der Waals surface area contributed by atoms with Crippen molar-refractivity contribution in [1.82, 2.24) is 0 Å². The standard InChI is InChI=1S/C12H12F2O3/c1-7(15)17-12(2,3)11(16)10-8(13)5-4-6-9(10)14/h4-6H,1-3H3. The third-order valence-electron chi connectivity index (χ3n) is 2.14. The largest absolute Gasteiger partial charge is 0.451 e. The van der Waals surface area contributed by atoms with Gasteiger partial charge in [-0.05, 0) is 26.0 Å². The predicted octanol–water partition coefficient (Wildman–Crippen LogP) is 2.49. The van der Waals surface area contributed by atoms with Gasteiger partial charge in [0.1, 0.15) is 11.6 Å². The second-order valence-electron chi connectivity index (χ2n) is 4.03. The van der Waals surface area contributed by atoms with Crippen LogP contribution in [0, 0.1) is 11.6 Å². The Labute approximate surface area is 97.4 Å². The number of ketones is 1. The molecule has 0 aliphatic rings. The minimum absolute atomic E-state index is 0.694. The average Bonchev–Trinajstić information content (AvgIpc) is 2.14. The van der Waals surface area contributed by atoms with E-state index >= 15 is 0 Å². The normalized spacial score (nSPS) is 11.1. The van der Waals surface area contributed by atoms with E-state index in [1.807, 2.05) is 0 Å². The van der Waals surface area contributed by atoms with Gasteiger partial charge < -0.3 is 4.74 Å². The molecule has 1 aromatic carbocycles. The Kier molecular flexibility index (Phi) is 3.60. The van der Waals surface area contributed by atoms with Crippen molar-refractivity contribution in [2.24, 2.45) is 0 Å². The zero-order chi connectivity index (χ0) is 13.2. The maximum Gasteiger partial charge on any atom is 0.303 e. The Morgan fingerprint density at radius 3 is 2.06 bits per heavy atom. The topological polar surface area (TPSA) is 43.4 Å². The SMILES string of the molecule is CC(=O)OC(C)(C)C(=O)c1c(F)cccc1F. The van der Waals surface area contributed by atoms with Crippen molar-refractivity contribution in [2.75, 3.05) is 0 Å². The second kappa shape index (κ2) is 4.61. The molecule has 92 valence electrons. The number of ether oxygens (including phenoxy) is 1. The molecule has 17 heavy (non-hydrogen) atoms. The molecular weight excluding hydrogens is 230 g/mol. The molecule has 0 aromatic heterocycles. The zero-order valence-corrected chi connectivity index (χ0v) is 9.71. The predicted molar refractivity (Wildman–Crippen MR) is 56.5 cm³/mol. The number of hydrogen-bond acceptors (Lipinski definition) is 3. The summed E-state index contributed by atoms with van der Waals surface area (Å²) >= 11 is 0. The lowest BCUT2D eigenvalue weighted by Crippen LogP contribution is -2.37. The Balaban J connectivity index is 3.16. The van der Waals surface area contributed by atoms with Gasteiger partial charge in [0.05, 0.1) is 5.56 Å². The Hall–Kier alpha value is -1.78. The van der Waals surface area contributed by atoms with Crippen molar-refractivity contribution in [2.45, 2.75) is 26.4 Å². The fraction of sp³-hybridized carbons (Fsp3) is 0.333. The van der Waals surface area contributed by atoms with Gasteiger partial charge in [-0.1, -0.05) is 6.07 Å². The van der Waals surface area contributed by atoms with Crippen molar-refractivity contribution in [3.8, 4) is 0 Å². The summed E-state index contributed by atoms with van der Waals surface area (Å²) in [7, 11) is 0. The molecule has 3 nitrogen and oxygen atoms in total. The average molecular weight is 242 g/mol. The number of esters is 1. The van der Waals surface area contributed by atoms with Gasteiger partial charge in [-0.3, -0.25) is 9.59 Å². The number of rotatable bonds is 3. The summed E-state index contributed by atoms with van der Waals surface area (Å²) in [5.41, 5.74) is -2.30. The summed E-state index contributed by atoms with van der Waals surface area (Å²) in [6.45, 7) is 3.68. The zero-order valence-electron chi connectivity index (χ0n) is 9.71. The molecule has 0 atom stereocenters. The van der Waals surface area contributed by atoms with Gasteiger partial charge >= 0.3 is 5.97 Å². The number of hydrogen-bond donors (Lipinski definition) is 0. The van der Waals surface area contributed by atoms with Crippen molar-refractivity contribution in [1.29, 1.82) is 0 Å². The van der Waals surface area contributed by atoms with Crippen molar-refractivity contribution < 1.29 is 23.1 Å². The quantitative estimate of drug-likeness (QED) is 0.604. The molecule has 0 spiro atoms. The van der Waals surface area contributed by atoms with Crippen LogP contribution in [-0.2, 0) is 9.53 Å². The molecule has 0 amide bonds. The first-order chi connectivity index (χ1) is 7.75. The van der Waals surface area contributed by atoms with Crippen LogP contribution in [-0.4, -0.2) is 17.4 Å². The summed E-state index contributed by atoms with van der Waals surface area (Å²) in [6.07, 6.45) is 0. The Morgan fingerprint density at radius 2 is 1.65 bits per heavy atom. The number of benzene rings is 1. The summed E-state index contributed by atoms with van der Waals surface area (Å²) in [5.74, 6) is -3.56. The number of carbonyl (C=O) groups is 2. The molecule has 0 fully saturated rings. The molecule has 0 saturated carbocycles. The Morgan fingerprint density at radius 1 is 1.18 bits per heavy atom. The van der Waals surface area contributed by atoms with Crippen LogP contribution in [0.4, 0.5) is 8.78 Å². The molecule has 5 heteroatoms. The second-order valence-corrected chi connectivity index (χ2v) is 4.03. The van der Waals surface area contributed by atoms with Gasteiger partial charge in [0.25, 0.3) is 0 Å². The summed E-state index contributed by atoms with van der Waals surface area (Å²) in [6, 6.07) is 3.10. The van der Waals surface area contributed by atoms with Crippen LogP contribution in [0.3, 0.4) is 0 Å². The molecule has 0 saturated heterocycles. The lowest BCUT2D eigenvalue weighted by atomic mass is 9.95. The smallest absolute Gasteiger partial charge is 0.303 e. The van der Waals surface area contributed by atoms with Crippen LogP contribution in [0.2, 0.25) is 0 Å². The van der Waals surface area contributed by atoms with E-state index in [4.69, 9.17) is 4.74 Å². The first-order valence-corrected chi connectivity index (χ1v) is 4.94. The highest BCUT2D eigenvalue weighted by Crippen LogP contribution is 2.22. The molecule has 0 N–H and O–H groups in total. The van der Waals surface area contributed by atoms with Gasteiger partial charge in [0, 0.05) is 6.92 Å². The highest BCUT2D eigenvalue weighted by atomic mass is 19.1. The summed E-state index contributed by atoms with van der Waals surface area (Å²) in [4.78, 5) is 22.7. The van der Waals surface area contributed by atoms with Crippen LogP contribution in [0.5, 0.6) is 0 Å². The van der Waals surface area contributed by atoms with Crippen molar-refractivity contribution in [3.63, 3.8) is 0 Å². The first kappa shape index (κ1) is 13.3. The minimum Gasteiger partial charge on any atom is -0.451 e. The van der Waals surface area contributed by atoms with E-state index in [0.29, 0.717) is 0 Å². The Bertz CT molecular complexity index is 447. The molecule has 1 aromatic rings. The third-order valence-corrected chi connectivity index (χ3v) is 2.14. The van der Waals surface area contributed by atoms with Gasteiger partial charge in [-0.25, -0.2) is 8.78 Å². The monoisotopic (exact) mass is 242 g/mol. The van der Waals surface area contributed by atoms with Crippen LogP contribution >= 0.6 is 0 Å². The molecule has 0 radical (unpaired) electrons. The molecule has 0 bridgehead atoms. The van der Waals surface area contributed by atoms with Crippen LogP contribution < -0.4 is 0 Å². The fourth-order valence-electron chi connectivity index (χ4n) is 1.42. The first-order valence-electron chi connectivity index (χ1n) is 4.94. The van der Waals surface area contributed by atoms with E-state index < -0.39 is 34.6 Å². The maximum atomic E-state index is 13.4. The van der Waals surface area contributed by atoms with Crippen LogP contribution in [0.15, 0.2) is 18.2 Å². The molecule has 0 heterocycles. The van der Waals surface area contributed by atoms with Gasteiger partial charge in [0.2, 0.25) is 5.78 Å². The summed E-state index contributed by atoms with van der Waals surface area (Å²) in [5, 5.41) is 0. The van der Waals surface area contributed by atoms with Gasteiger partial charge in [-0.15, -0.1) is 0 Å². The maximum absolute atomic E-state index is 13.4. The lowest BCUT2D eigenvalue weighted by molar-refractivity contribution is -0.149. The molecule has 0 unspecified atom stereocenters. The molecule has 0 aliphatic heterocycles. The van der Waals surface area contributed by atoms with Gasteiger partial charge in [-0.2, -0.15) is 0 Å². The fourth-order valence-corrected chi connectivity index (χ4v) is 1.42. The number of halogens is 2. The van der Waals surface area contributed by atoms with Gasteiger partial charge in [0.15, 0.2) is 5.60 Å². The van der Waals surface area contributed by atoms with E-state index in [9.17, 15) is 18.4 Å². The van der Waals surface area contributed by atoms with E-state index in [-0.39, 0.29) is 0 Å². The van der Waals surface area contributed by atoms with Crippen molar-refractivity contribution in [3.05, 3.63) is 35.4 Å². The number of carbonyl (C=O) groups excluding carboxylic acids is 2. The van der Waals surface area contributed by atoms with Crippen molar-refractivity contribution >= 4 is 11.8 Å². The highest BCUT2D eigenvalue weighted by molar-refractivity contribution is 6.03. The van der Waals surface area contributed by atoms with Crippen LogP contribution in [0.1, 0.15) is 31.1 Å². The van der Waals surface area contributed by atoms with E-state index in [0.717, 1.165) is 25.1 Å². The highest BCUT2D eigenvalue weighted by Gasteiger charge is 2.35. The van der Waals surface area contributed by atoms with Crippen LogP contribution in [0.25, 0.3) is 0 Å². The molecular formula is C12H12F2O3. The van der Waals surface area contributed by atoms with E-state index in [2.05, 4.69) is 0 Å². The minimum atomic E-state index is -1.60. The van der Waals surface area contributed by atoms with E-state index in [1.165, 1.54) is 13.8 Å². The summed E-state index contributed by atoms with van der Waals surface area (Å²) < 4.78 is 31.5. The third kappa shape index (κ3) is 2.87. The number of Topliss-reactive ketones (excluding diaryl/α,β-unsaturated/α-hetero) is 1.